The fourth-order valence-electron chi connectivity index (χ4n) is 3.61. The maximum absolute atomic E-state index is 12.9. The van der Waals surface area contributed by atoms with Crippen LogP contribution in [0.4, 0.5) is 5.00 Å². The number of hydrogen-bond donors (Lipinski definition) is 1. The van der Waals surface area contributed by atoms with Crippen LogP contribution in [0.2, 0.25) is 0 Å². The minimum Gasteiger partial charge on any atom is -0.465 e. The van der Waals surface area contributed by atoms with Gasteiger partial charge in [0, 0.05) is 4.88 Å². The van der Waals surface area contributed by atoms with E-state index in [1.165, 1.54) is 23.3 Å². The topological polar surface area (TPSA) is 55.4 Å². The van der Waals surface area contributed by atoms with Crippen molar-refractivity contribution in [3.8, 4) is 0 Å². The molecule has 138 valence electrons. The molecule has 1 aromatic carbocycles. The first-order valence-corrected chi connectivity index (χ1v) is 9.95. The molecular formula is C21H25NO3S. The standard InChI is InChI=1S/C21H25NO3S/c1-4-15(14-8-6-5-7-9-14)19(23)22-20-18(21(24)25-3)16-11-10-13(2)12-17(16)26-20/h5-9,13,15H,4,10-12H2,1-3H3,(H,22,23)/t13-,15-/m0/s1. The zero-order valence-corrected chi connectivity index (χ0v) is 16.3. The van der Waals surface area contributed by atoms with Gasteiger partial charge in [0.15, 0.2) is 0 Å². The van der Waals surface area contributed by atoms with Gasteiger partial charge < -0.3 is 10.1 Å². The van der Waals surface area contributed by atoms with Crippen molar-refractivity contribution in [2.75, 3.05) is 12.4 Å². The fraction of sp³-hybridized carbons (Fsp3) is 0.429. The molecule has 0 fully saturated rings. The highest BCUT2D eigenvalue weighted by Crippen LogP contribution is 2.40. The SMILES string of the molecule is CC[C@H](C(=O)Nc1sc2c(c1C(=O)OC)CC[C@H](C)C2)c1ccccc1. The van der Waals surface area contributed by atoms with E-state index in [4.69, 9.17) is 4.74 Å². The van der Waals surface area contributed by atoms with Gasteiger partial charge in [-0.25, -0.2) is 4.79 Å². The van der Waals surface area contributed by atoms with Gasteiger partial charge in [0.05, 0.1) is 18.6 Å². The van der Waals surface area contributed by atoms with Crippen molar-refractivity contribution in [1.29, 1.82) is 0 Å². The number of carbonyl (C=O) groups excluding carboxylic acids is 2. The minimum absolute atomic E-state index is 0.0736. The van der Waals surface area contributed by atoms with E-state index in [-0.39, 0.29) is 17.8 Å². The van der Waals surface area contributed by atoms with Gasteiger partial charge in [0.25, 0.3) is 0 Å². The van der Waals surface area contributed by atoms with Crippen LogP contribution in [-0.2, 0) is 22.4 Å². The van der Waals surface area contributed by atoms with Gasteiger partial charge in [-0.2, -0.15) is 0 Å². The second-order valence-electron chi connectivity index (χ2n) is 6.91. The zero-order valence-electron chi connectivity index (χ0n) is 15.5. The Morgan fingerprint density at radius 1 is 1.31 bits per heavy atom. The molecule has 3 rings (SSSR count). The van der Waals surface area contributed by atoms with Crippen molar-refractivity contribution in [2.45, 2.75) is 45.4 Å². The molecule has 26 heavy (non-hydrogen) atoms. The van der Waals surface area contributed by atoms with Crippen molar-refractivity contribution in [3.05, 3.63) is 51.9 Å². The maximum Gasteiger partial charge on any atom is 0.341 e. The van der Waals surface area contributed by atoms with Gasteiger partial charge in [-0.05, 0) is 42.7 Å². The van der Waals surface area contributed by atoms with Crippen LogP contribution in [0, 0.1) is 5.92 Å². The summed E-state index contributed by atoms with van der Waals surface area (Å²) in [6.45, 7) is 4.22. The van der Waals surface area contributed by atoms with Crippen LogP contribution in [0.25, 0.3) is 0 Å². The summed E-state index contributed by atoms with van der Waals surface area (Å²) in [7, 11) is 1.39. The van der Waals surface area contributed by atoms with E-state index in [9.17, 15) is 9.59 Å². The van der Waals surface area contributed by atoms with Crippen molar-refractivity contribution in [1.82, 2.24) is 0 Å². The van der Waals surface area contributed by atoms with Gasteiger partial charge in [-0.3, -0.25) is 4.79 Å². The van der Waals surface area contributed by atoms with Gasteiger partial charge >= 0.3 is 5.97 Å². The number of carbonyl (C=O) groups is 2. The minimum atomic E-state index is -0.361. The van der Waals surface area contributed by atoms with Crippen LogP contribution in [-0.4, -0.2) is 19.0 Å². The highest BCUT2D eigenvalue weighted by Gasteiger charge is 2.30. The van der Waals surface area contributed by atoms with Crippen molar-refractivity contribution in [3.63, 3.8) is 0 Å². The molecule has 5 heteroatoms. The van der Waals surface area contributed by atoms with E-state index in [1.54, 1.807) is 0 Å². The lowest BCUT2D eigenvalue weighted by Gasteiger charge is -2.18. The second kappa shape index (κ2) is 8.04. The van der Waals surface area contributed by atoms with E-state index in [0.717, 1.165) is 30.4 Å². The van der Waals surface area contributed by atoms with E-state index < -0.39 is 0 Å². The quantitative estimate of drug-likeness (QED) is 0.769. The Labute approximate surface area is 158 Å². The number of ether oxygens (including phenoxy) is 1. The molecule has 0 aliphatic heterocycles. The molecule has 4 nitrogen and oxygen atoms in total. The largest absolute Gasteiger partial charge is 0.465 e. The number of anilines is 1. The number of thiophene rings is 1. The van der Waals surface area contributed by atoms with E-state index in [0.29, 0.717) is 22.9 Å². The average Bonchev–Trinajstić information content (AvgIpc) is 2.99. The number of esters is 1. The van der Waals surface area contributed by atoms with Crippen LogP contribution in [0.15, 0.2) is 30.3 Å². The molecule has 1 aliphatic rings. The van der Waals surface area contributed by atoms with Gasteiger partial charge in [-0.15, -0.1) is 11.3 Å². The van der Waals surface area contributed by atoms with Gasteiger partial charge in [-0.1, -0.05) is 44.2 Å². The molecule has 1 aliphatic carbocycles. The van der Waals surface area contributed by atoms with Crippen molar-refractivity contribution >= 4 is 28.2 Å². The Kier molecular flexibility index (Phi) is 5.77. The number of fused-ring (bicyclic) bond motifs is 1. The molecule has 2 atom stereocenters. The lowest BCUT2D eigenvalue weighted by atomic mass is 9.88. The third kappa shape index (κ3) is 3.68. The monoisotopic (exact) mass is 371 g/mol. The van der Waals surface area contributed by atoms with Crippen molar-refractivity contribution < 1.29 is 14.3 Å². The Morgan fingerprint density at radius 3 is 2.69 bits per heavy atom. The zero-order chi connectivity index (χ0) is 18.7. The summed E-state index contributed by atoms with van der Waals surface area (Å²) in [6.07, 6.45) is 3.58. The number of methoxy groups -OCH3 is 1. The summed E-state index contributed by atoms with van der Waals surface area (Å²) in [5.41, 5.74) is 2.60. The number of benzene rings is 1. The normalized spacial score (nSPS) is 17.3. The molecule has 0 radical (unpaired) electrons. The summed E-state index contributed by atoms with van der Waals surface area (Å²) < 4.78 is 5.00. The Bertz CT molecular complexity index is 797. The first kappa shape index (κ1) is 18.6. The predicted octanol–water partition coefficient (Wildman–Crippen LogP) is 4.79. The second-order valence-corrected chi connectivity index (χ2v) is 8.01. The molecule has 1 aromatic heterocycles. The third-order valence-corrected chi connectivity index (χ3v) is 6.23. The maximum atomic E-state index is 12.9. The first-order valence-electron chi connectivity index (χ1n) is 9.13. The van der Waals surface area contributed by atoms with E-state index >= 15 is 0 Å². The number of nitrogens with one attached hydrogen (secondary N) is 1. The summed E-state index contributed by atoms with van der Waals surface area (Å²) in [6, 6.07) is 9.76. The highest BCUT2D eigenvalue weighted by molar-refractivity contribution is 7.17. The summed E-state index contributed by atoms with van der Waals surface area (Å²) in [5, 5.41) is 3.66. The molecule has 0 spiro atoms. The lowest BCUT2D eigenvalue weighted by molar-refractivity contribution is -0.117. The Morgan fingerprint density at radius 2 is 2.04 bits per heavy atom. The van der Waals surface area contributed by atoms with Crippen LogP contribution < -0.4 is 5.32 Å². The van der Waals surface area contributed by atoms with E-state index in [2.05, 4.69) is 12.2 Å². The number of amides is 1. The lowest BCUT2D eigenvalue weighted by Crippen LogP contribution is -2.21. The van der Waals surface area contributed by atoms with Gasteiger partial charge in [0.2, 0.25) is 5.91 Å². The molecule has 0 saturated heterocycles. The smallest absolute Gasteiger partial charge is 0.341 e. The summed E-state index contributed by atoms with van der Waals surface area (Å²) in [5.74, 6) is -0.0710. The number of rotatable bonds is 5. The molecule has 1 N–H and O–H groups in total. The third-order valence-electron chi connectivity index (χ3n) is 5.06. The summed E-state index contributed by atoms with van der Waals surface area (Å²) >= 11 is 1.53. The summed E-state index contributed by atoms with van der Waals surface area (Å²) in [4.78, 5) is 26.5. The van der Waals surface area contributed by atoms with E-state index in [1.807, 2.05) is 37.3 Å². The number of hydrogen-bond acceptors (Lipinski definition) is 4. The molecule has 1 amide bonds. The molecule has 1 heterocycles. The van der Waals surface area contributed by atoms with Crippen LogP contribution in [0.5, 0.6) is 0 Å². The average molecular weight is 372 g/mol. The Hall–Kier alpha value is -2.14. The first-order chi connectivity index (χ1) is 12.5. The molecular weight excluding hydrogens is 346 g/mol. The molecule has 2 aromatic rings. The van der Waals surface area contributed by atoms with Crippen LogP contribution >= 0.6 is 11.3 Å². The highest BCUT2D eigenvalue weighted by atomic mass is 32.1. The van der Waals surface area contributed by atoms with Crippen LogP contribution in [0.3, 0.4) is 0 Å². The molecule has 0 saturated carbocycles. The predicted molar refractivity (Wildman–Crippen MR) is 105 cm³/mol. The Balaban J connectivity index is 1.91. The van der Waals surface area contributed by atoms with Gasteiger partial charge in [0.1, 0.15) is 5.00 Å². The molecule has 0 bridgehead atoms. The van der Waals surface area contributed by atoms with Crippen molar-refractivity contribution in [2.24, 2.45) is 5.92 Å². The molecule has 0 unspecified atom stereocenters. The fourth-order valence-corrected chi connectivity index (χ4v) is 5.02. The van der Waals surface area contributed by atoms with Crippen LogP contribution in [0.1, 0.15) is 59.0 Å².